The van der Waals surface area contributed by atoms with Crippen molar-refractivity contribution in [1.82, 2.24) is 5.32 Å². The average Bonchev–Trinajstić information content (AvgIpc) is 2.06. The number of hydrogen-bond acceptors (Lipinski definition) is 5. The van der Waals surface area contributed by atoms with Crippen molar-refractivity contribution in [1.29, 1.82) is 0 Å². The summed E-state index contributed by atoms with van der Waals surface area (Å²) < 4.78 is 0. The minimum atomic E-state index is -1.23. The monoisotopic (exact) mass is 285 g/mol. The van der Waals surface area contributed by atoms with Crippen molar-refractivity contribution in [3.05, 3.63) is 0 Å². The van der Waals surface area contributed by atoms with Gasteiger partial charge in [0.05, 0.1) is 13.2 Å². The molecule has 0 rings (SSSR count). The first-order chi connectivity index (χ1) is 6.06. The molecule has 0 spiro atoms. The molecule has 0 fully saturated rings. The number of carboxylic acid groups (broad SMARTS) is 1. The van der Waals surface area contributed by atoms with Crippen LogP contribution in [0.4, 0.5) is 0 Å². The Morgan fingerprint density at radius 3 is 1.71 bits per heavy atom. The third kappa shape index (κ3) is 22.8. The van der Waals surface area contributed by atoms with E-state index in [0.29, 0.717) is 13.1 Å². The molecule has 14 heavy (non-hydrogen) atoms. The maximum atomic E-state index is 9.45. The fraction of sp³-hybridized carbons (Fsp3) is 0.857. The number of aliphatic carboxylic acids is 1. The number of rotatable bonds is 5. The zero-order chi connectivity index (χ0) is 10.7. The molecule has 84 valence electrons. The summed E-state index contributed by atoms with van der Waals surface area (Å²) in [6, 6.07) is 0. The first kappa shape index (κ1) is 19.7. The Morgan fingerprint density at radius 1 is 1.29 bits per heavy atom. The molecule has 0 aliphatic rings. The van der Waals surface area contributed by atoms with Gasteiger partial charge >= 0.3 is 5.97 Å². The van der Waals surface area contributed by atoms with Crippen LogP contribution in [0, 0.1) is 0 Å². The SMILES string of the molecule is CC(O)C(=O)O.OCCNCCO.[Zr]. The van der Waals surface area contributed by atoms with Crippen LogP contribution in [-0.2, 0) is 31.0 Å². The molecule has 0 bridgehead atoms. The Hall–Kier alpha value is 0.193. The largest absolute Gasteiger partial charge is 0.479 e. The van der Waals surface area contributed by atoms with Gasteiger partial charge in [-0.3, -0.25) is 0 Å². The molecule has 0 heterocycles. The number of nitrogens with one attached hydrogen (secondary N) is 1. The van der Waals surface area contributed by atoms with Gasteiger partial charge in [0.25, 0.3) is 0 Å². The molecule has 6 nitrogen and oxygen atoms in total. The smallest absolute Gasteiger partial charge is 0.332 e. The van der Waals surface area contributed by atoms with E-state index in [4.69, 9.17) is 20.4 Å². The standard InChI is InChI=1S/C4H11NO2.C3H6O3.Zr/c6-3-1-5-2-4-7;1-2(4)3(5)6;/h5-7H,1-4H2;2,4H,1H3,(H,5,6);. The molecule has 0 aromatic heterocycles. The first-order valence-electron chi connectivity index (χ1n) is 3.89. The molecule has 0 saturated carbocycles. The van der Waals surface area contributed by atoms with Crippen molar-refractivity contribution in [3.63, 3.8) is 0 Å². The van der Waals surface area contributed by atoms with E-state index in [1.54, 1.807) is 0 Å². The molecule has 0 aromatic carbocycles. The molecule has 7 heteroatoms. The van der Waals surface area contributed by atoms with Gasteiger partial charge in [-0.15, -0.1) is 0 Å². The van der Waals surface area contributed by atoms with Crippen molar-refractivity contribution < 1.29 is 51.4 Å². The van der Waals surface area contributed by atoms with Gasteiger partial charge in [-0.05, 0) is 6.92 Å². The van der Waals surface area contributed by atoms with Crippen LogP contribution in [0.15, 0.2) is 0 Å². The average molecular weight is 286 g/mol. The minimum Gasteiger partial charge on any atom is -0.479 e. The number of aliphatic hydroxyl groups excluding tert-OH is 3. The Bertz CT molecular complexity index is 119. The van der Waals surface area contributed by atoms with Crippen molar-refractivity contribution in [2.24, 2.45) is 0 Å². The molecule has 5 N–H and O–H groups in total. The zero-order valence-electron chi connectivity index (χ0n) is 8.10. The fourth-order valence-corrected chi connectivity index (χ4v) is 0.283. The Morgan fingerprint density at radius 2 is 1.57 bits per heavy atom. The van der Waals surface area contributed by atoms with Gasteiger partial charge in [0.15, 0.2) is 0 Å². The molecular formula is C7H17NO5Zr. The van der Waals surface area contributed by atoms with Gasteiger partial charge in [0.2, 0.25) is 0 Å². The van der Waals surface area contributed by atoms with E-state index in [9.17, 15) is 4.79 Å². The predicted molar refractivity (Wildman–Crippen MR) is 46.4 cm³/mol. The van der Waals surface area contributed by atoms with E-state index in [-0.39, 0.29) is 39.4 Å². The maximum Gasteiger partial charge on any atom is 0.332 e. The second-order valence-electron chi connectivity index (χ2n) is 2.21. The molecule has 1 unspecified atom stereocenters. The second kappa shape index (κ2) is 15.7. The van der Waals surface area contributed by atoms with Crippen LogP contribution in [0.3, 0.4) is 0 Å². The quantitative estimate of drug-likeness (QED) is 0.374. The van der Waals surface area contributed by atoms with Gasteiger partial charge in [-0.25, -0.2) is 4.79 Å². The summed E-state index contributed by atoms with van der Waals surface area (Å²) >= 11 is 0. The fourth-order valence-electron chi connectivity index (χ4n) is 0.283. The minimum absolute atomic E-state index is 0. The summed E-state index contributed by atoms with van der Waals surface area (Å²) in [7, 11) is 0. The molecule has 0 aliphatic carbocycles. The summed E-state index contributed by atoms with van der Waals surface area (Å²) in [4.78, 5) is 9.45. The van der Waals surface area contributed by atoms with E-state index in [1.165, 1.54) is 6.92 Å². The van der Waals surface area contributed by atoms with Crippen molar-refractivity contribution in [2.75, 3.05) is 26.3 Å². The normalized spacial score (nSPS) is 10.6. The Balaban J connectivity index is -0.000000163. The predicted octanol–water partition coefficient (Wildman–Crippen LogP) is -1.99. The van der Waals surface area contributed by atoms with Crippen LogP contribution >= 0.6 is 0 Å². The zero-order valence-corrected chi connectivity index (χ0v) is 10.6. The second-order valence-corrected chi connectivity index (χ2v) is 2.21. The van der Waals surface area contributed by atoms with Crippen molar-refractivity contribution >= 4 is 5.97 Å². The summed E-state index contributed by atoms with van der Waals surface area (Å²) in [5.74, 6) is -1.19. The van der Waals surface area contributed by atoms with E-state index in [2.05, 4.69) is 5.32 Å². The third-order valence-corrected chi connectivity index (χ3v) is 0.935. The first-order valence-corrected chi connectivity index (χ1v) is 3.89. The maximum absolute atomic E-state index is 9.45. The summed E-state index contributed by atoms with van der Waals surface area (Å²) in [5.41, 5.74) is 0. The Kier molecular flexibility index (Phi) is 22.1. The van der Waals surface area contributed by atoms with Crippen LogP contribution in [-0.4, -0.2) is 58.8 Å². The van der Waals surface area contributed by atoms with E-state index < -0.39 is 12.1 Å². The topological polar surface area (TPSA) is 110 Å². The van der Waals surface area contributed by atoms with Crippen molar-refractivity contribution in [3.8, 4) is 0 Å². The van der Waals surface area contributed by atoms with E-state index in [1.807, 2.05) is 0 Å². The summed E-state index contributed by atoms with van der Waals surface area (Å²) in [6.07, 6.45) is -1.23. The third-order valence-electron chi connectivity index (χ3n) is 0.935. The van der Waals surface area contributed by atoms with Gasteiger partial charge < -0.3 is 25.7 Å². The molecule has 1 atom stereocenters. The number of aliphatic hydroxyl groups is 3. The molecule has 0 radical (unpaired) electrons. The van der Waals surface area contributed by atoms with Gasteiger partial charge in [0.1, 0.15) is 6.10 Å². The van der Waals surface area contributed by atoms with Crippen LogP contribution in [0.5, 0.6) is 0 Å². The van der Waals surface area contributed by atoms with Gasteiger partial charge in [-0.2, -0.15) is 0 Å². The van der Waals surface area contributed by atoms with E-state index in [0.717, 1.165) is 0 Å². The molecule has 0 amide bonds. The molecule has 0 saturated heterocycles. The number of carbonyl (C=O) groups is 1. The summed E-state index contributed by atoms with van der Waals surface area (Å²) in [5, 5.41) is 34.9. The van der Waals surface area contributed by atoms with Crippen LogP contribution in [0.1, 0.15) is 6.92 Å². The van der Waals surface area contributed by atoms with Crippen LogP contribution in [0.2, 0.25) is 0 Å². The molecule has 0 aromatic rings. The Labute approximate surface area is 102 Å². The van der Waals surface area contributed by atoms with Gasteiger partial charge in [0, 0.05) is 39.3 Å². The van der Waals surface area contributed by atoms with Crippen molar-refractivity contribution in [2.45, 2.75) is 13.0 Å². The summed E-state index contributed by atoms with van der Waals surface area (Å²) in [6.45, 7) is 2.61. The number of hydrogen-bond donors (Lipinski definition) is 5. The number of carboxylic acids is 1. The molecule has 0 aliphatic heterocycles. The van der Waals surface area contributed by atoms with Gasteiger partial charge in [-0.1, -0.05) is 0 Å². The van der Waals surface area contributed by atoms with Crippen LogP contribution in [0.25, 0.3) is 0 Å². The molecular weight excluding hydrogens is 269 g/mol. The van der Waals surface area contributed by atoms with E-state index >= 15 is 0 Å². The van der Waals surface area contributed by atoms with Crippen LogP contribution < -0.4 is 5.32 Å².